The molecule has 0 aromatic heterocycles. The normalized spacial score (nSPS) is 23.8. The highest BCUT2D eigenvalue weighted by molar-refractivity contribution is 5.76. The molecule has 0 bridgehead atoms. The number of likely N-dealkylation sites (tertiary alicyclic amines) is 1. The largest absolute Gasteiger partial charge is 0.479 e. The van der Waals surface area contributed by atoms with Crippen LogP contribution in [0.2, 0.25) is 0 Å². The molecule has 18 heavy (non-hydrogen) atoms. The van der Waals surface area contributed by atoms with Crippen LogP contribution in [-0.4, -0.2) is 46.3 Å². The van der Waals surface area contributed by atoms with Crippen molar-refractivity contribution in [3.8, 4) is 0 Å². The summed E-state index contributed by atoms with van der Waals surface area (Å²) in [5.74, 6) is -0.721. The van der Waals surface area contributed by atoms with Crippen LogP contribution in [0.3, 0.4) is 0 Å². The minimum absolute atomic E-state index is 0.186. The van der Waals surface area contributed by atoms with Crippen LogP contribution in [0.15, 0.2) is 30.3 Å². The molecule has 2 N–H and O–H groups in total. The van der Waals surface area contributed by atoms with Gasteiger partial charge in [0.05, 0.1) is 0 Å². The molecule has 1 aliphatic rings. The van der Waals surface area contributed by atoms with Gasteiger partial charge in [-0.15, -0.1) is 0 Å². The molecule has 1 fully saturated rings. The molecule has 4 nitrogen and oxygen atoms in total. The van der Waals surface area contributed by atoms with Crippen molar-refractivity contribution < 1.29 is 15.0 Å². The molecule has 4 heteroatoms. The van der Waals surface area contributed by atoms with Crippen molar-refractivity contribution in [3.05, 3.63) is 35.9 Å². The molecular weight excluding hydrogens is 230 g/mol. The van der Waals surface area contributed by atoms with E-state index in [-0.39, 0.29) is 6.54 Å². The van der Waals surface area contributed by atoms with E-state index in [1.807, 2.05) is 23.1 Å². The highest BCUT2D eigenvalue weighted by Crippen LogP contribution is 2.27. The maximum absolute atomic E-state index is 10.9. The minimum Gasteiger partial charge on any atom is -0.479 e. The van der Waals surface area contributed by atoms with E-state index in [4.69, 9.17) is 5.11 Å². The summed E-state index contributed by atoms with van der Waals surface area (Å²) < 4.78 is 0. The lowest BCUT2D eigenvalue weighted by atomic mass is 9.99. The fraction of sp³-hybridized carbons (Fsp3) is 0.500. The van der Waals surface area contributed by atoms with Gasteiger partial charge in [0, 0.05) is 13.1 Å². The molecule has 1 saturated heterocycles. The van der Waals surface area contributed by atoms with E-state index in [1.165, 1.54) is 12.5 Å². The third kappa shape index (κ3) is 2.89. The van der Waals surface area contributed by atoms with Crippen LogP contribution in [0.25, 0.3) is 0 Å². The van der Waals surface area contributed by atoms with Crippen LogP contribution in [0, 0.1) is 0 Å². The molecule has 2 rings (SSSR count). The third-order valence-corrected chi connectivity index (χ3v) is 3.54. The van der Waals surface area contributed by atoms with Gasteiger partial charge in [0.15, 0.2) is 5.60 Å². The van der Waals surface area contributed by atoms with Crippen LogP contribution in [0.1, 0.15) is 24.8 Å². The monoisotopic (exact) mass is 249 g/mol. The Kier molecular flexibility index (Phi) is 3.68. The van der Waals surface area contributed by atoms with Crippen LogP contribution < -0.4 is 0 Å². The number of rotatable bonds is 4. The van der Waals surface area contributed by atoms with Gasteiger partial charge in [0.1, 0.15) is 0 Å². The predicted molar refractivity (Wildman–Crippen MR) is 68.5 cm³/mol. The van der Waals surface area contributed by atoms with Crippen molar-refractivity contribution in [1.29, 1.82) is 0 Å². The summed E-state index contributed by atoms with van der Waals surface area (Å²) >= 11 is 0. The second-order valence-electron chi connectivity index (χ2n) is 5.21. The van der Waals surface area contributed by atoms with Crippen molar-refractivity contribution in [2.75, 3.05) is 19.6 Å². The molecule has 0 radical (unpaired) electrons. The Morgan fingerprint density at radius 2 is 2.11 bits per heavy atom. The summed E-state index contributed by atoms with van der Waals surface area (Å²) in [4.78, 5) is 12.9. The number of benzene rings is 1. The number of hydrogen-bond donors (Lipinski definition) is 2. The summed E-state index contributed by atoms with van der Waals surface area (Å²) in [6.45, 7) is 3.19. The highest BCUT2D eigenvalue weighted by atomic mass is 16.4. The first-order valence-corrected chi connectivity index (χ1v) is 6.22. The second-order valence-corrected chi connectivity index (χ2v) is 5.21. The summed E-state index contributed by atoms with van der Waals surface area (Å²) in [5, 5.41) is 18.7. The van der Waals surface area contributed by atoms with E-state index in [2.05, 4.69) is 12.1 Å². The van der Waals surface area contributed by atoms with Gasteiger partial charge in [0.25, 0.3) is 0 Å². The van der Waals surface area contributed by atoms with E-state index < -0.39 is 11.6 Å². The van der Waals surface area contributed by atoms with Gasteiger partial charge in [-0.3, -0.25) is 4.90 Å². The zero-order valence-electron chi connectivity index (χ0n) is 10.5. The molecule has 0 aliphatic carbocycles. The van der Waals surface area contributed by atoms with E-state index >= 15 is 0 Å². The molecule has 1 aromatic carbocycles. The average Bonchev–Trinajstić information content (AvgIpc) is 2.78. The van der Waals surface area contributed by atoms with Gasteiger partial charge in [-0.05, 0) is 31.4 Å². The lowest BCUT2D eigenvalue weighted by Crippen LogP contribution is -2.46. The summed E-state index contributed by atoms with van der Waals surface area (Å²) in [6.07, 6.45) is 1.01. The number of nitrogens with zero attached hydrogens (tertiary/aromatic N) is 1. The number of carbonyl (C=O) groups is 1. The molecular formula is C14H19NO3. The van der Waals surface area contributed by atoms with Gasteiger partial charge < -0.3 is 10.2 Å². The molecule has 0 saturated carbocycles. The van der Waals surface area contributed by atoms with Crippen molar-refractivity contribution in [2.24, 2.45) is 0 Å². The lowest BCUT2D eigenvalue weighted by molar-refractivity contribution is -0.158. The molecule has 2 atom stereocenters. The molecule has 2 unspecified atom stereocenters. The number of aliphatic hydroxyl groups is 1. The van der Waals surface area contributed by atoms with E-state index in [0.29, 0.717) is 5.92 Å². The quantitative estimate of drug-likeness (QED) is 0.844. The average molecular weight is 249 g/mol. The molecule has 1 aliphatic heterocycles. The first-order valence-electron chi connectivity index (χ1n) is 6.22. The second kappa shape index (κ2) is 5.08. The van der Waals surface area contributed by atoms with Gasteiger partial charge in [-0.2, -0.15) is 0 Å². The van der Waals surface area contributed by atoms with Crippen LogP contribution in [-0.2, 0) is 4.79 Å². The smallest absolute Gasteiger partial charge is 0.336 e. The maximum atomic E-state index is 10.9. The predicted octanol–water partition coefficient (Wildman–Crippen LogP) is 1.31. The Hall–Kier alpha value is -1.39. The summed E-state index contributed by atoms with van der Waals surface area (Å²) in [5.41, 5.74) is -0.374. The number of carboxylic acids is 1. The van der Waals surface area contributed by atoms with E-state index in [9.17, 15) is 9.90 Å². The van der Waals surface area contributed by atoms with Crippen LogP contribution in [0.5, 0.6) is 0 Å². The van der Waals surface area contributed by atoms with Gasteiger partial charge >= 0.3 is 5.97 Å². The number of β-amino-alcohol motifs (C(OH)–C–C–N with tert-alkyl or cyclic N) is 1. The highest BCUT2D eigenvalue weighted by Gasteiger charge is 2.35. The van der Waals surface area contributed by atoms with Crippen LogP contribution in [0.4, 0.5) is 0 Å². The molecule has 1 heterocycles. The van der Waals surface area contributed by atoms with Crippen molar-refractivity contribution >= 4 is 5.97 Å². The molecule has 98 valence electrons. The fourth-order valence-corrected chi connectivity index (χ4v) is 2.48. The Morgan fingerprint density at radius 1 is 1.44 bits per heavy atom. The van der Waals surface area contributed by atoms with Gasteiger partial charge in [0.2, 0.25) is 0 Å². The van der Waals surface area contributed by atoms with Crippen molar-refractivity contribution in [3.63, 3.8) is 0 Å². The van der Waals surface area contributed by atoms with Crippen LogP contribution >= 0.6 is 0 Å². The van der Waals surface area contributed by atoms with Crippen molar-refractivity contribution in [1.82, 2.24) is 4.90 Å². The van der Waals surface area contributed by atoms with E-state index in [0.717, 1.165) is 19.5 Å². The Morgan fingerprint density at radius 3 is 2.72 bits per heavy atom. The summed E-state index contributed by atoms with van der Waals surface area (Å²) in [7, 11) is 0. The minimum atomic E-state index is -1.66. The first kappa shape index (κ1) is 13.1. The van der Waals surface area contributed by atoms with Gasteiger partial charge in [-0.25, -0.2) is 4.79 Å². The van der Waals surface area contributed by atoms with E-state index in [1.54, 1.807) is 0 Å². The number of aliphatic carboxylic acids is 1. The third-order valence-electron chi connectivity index (χ3n) is 3.54. The standard InChI is InChI=1S/C14H19NO3/c1-14(18,13(16)17)10-15-8-7-12(9-15)11-5-3-2-4-6-11/h2-6,12,18H,7-10H2,1H3,(H,16,17). The zero-order chi connectivity index (χ0) is 13.2. The topological polar surface area (TPSA) is 60.8 Å². The fourth-order valence-electron chi connectivity index (χ4n) is 2.48. The molecule has 0 spiro atoms. The molecule has 1 aromatic rings. The Balaban J connectivity index is 1.95. The van der Waals surface area contributed by atoms with Crippen molar-refractivity contribution in [2.45, 2.75) is 24.9 Å². The SMILES string of the molecule is CC(O)(CN1CCC(c2ccccc2)C1)C(=O)O. The zero-order valence-corrected chi connectivity index (χ0v) is 10.5. The number of carboxylic acid groups (broad SMARTS) is 1. The lowest BCUT2D eigenvalue weighted by Gasteiger charge is -2.25. The maximum Gasteiger partial charge on any atom is 0.336 e. The Labute approximate surface area is 107 Å². The first-order chi connectivity index (χ1) is 8.49. The Bertz CT molecular complexity index is 416. The summed E-state index contributed by atoms with van der Waals surface area (Å²) in [6, 6.07) is 10.2. The van der Waals surface area contributed by atoms with Gasteiger partial charge in [-0.1, -0.05) is 30.3 Å². The number of hydrogen-bond acceptors (Lipinski definition) is 3. The molecule has 0 amide bonds.